The maximum Gasteiger partial charge on any atom is 0.335 e. The van der Waals surface area contributed by atoms with E-state index in [4.69, 9.17) is 16.7 Å². The summed E-state index contributed by atoms with van der Waals surface area (Å²) in [5.74, 6) is 0.140. The van der Waals surface area contributed by atoms with E-state index in [9.17, 15) is 4.79 Å². The zero-order valence-electron chi connectivity index (χ0n) is 11.0. The lowest BCUT2D eigenvalue weighted by atomic mass is 9.97. The van der Waals surface area contributed by atoms with Gasteiger partial charge in [-0.05, 0) is 30.9 Å². The SMILES string of the molecule is CC1CCCCCC1Nc1cc(C(=O)O)cc(Cl)n1. The molecule has 0 bridgehead atoms. The van der Waals surface area contributed by atoms with E-state index in [-0.39, 0.29) is 10.7 Å². The van der Waals surface area contributed by atoms with Crippen molar-refractivity contribution in [2.24, 2.45) is 5.92 Å². The van der Waals surface area contributed by atoms with Crippen LogP contribution in [0, 0.1) is 5.92 Å². The summed E-state index contributed by atoms with van der Waals surface area (Å²) in [7, 11) is 0. The van der Waals surface area contributed by atoms with Gasteiger partial charge in [-0.15, -0.1) is 0 Å². The highest BCUT2D eigenvalue weighted by molar-refractivity contribution is 6.29. The van der Waals surface area contributed by atoms with Gasteiger partial charge in [0, 0.05) is 6.04 Å². The Bertz CT molecular complexity index is 465. The van der Waals surface area contributed by atoms with E-state index in [1.807, 2.05) is 0 Å². The Morgan fingerprint density at radius 3 is 2.84 bits per heavy atom. The van der Waals surface area contributed by atoms with Crippen LogP contribution in [-0.4, -0.2) is 22.1 Å². The van der Waals surface area contributed by atoms with Crippen LogP contribution in [-0.2, 0) is 0 Å². The molecule has 2 atom stereocenters. The highest BCUT2D eigenvalue weighted by atomic mass is 35.5. The average molecular weight is 283 g/mol. The first-order valence-corrected chi connectivity index (χ1v) is 7.11. The van der Waals surface area contributed by atoms with Crippen molar-refractivity contribution in [3.63, 3.8) is 0 Å². The molecule has 0 amide bonds. The Labute approximate surface area is 118 Å². The zero-order chi connectivity index (χ0) is 13.8. The molecule has 1 saturated carbocycles. The van der Waals surface area contributed by atoms with Crippen LogP contribution >= 0.6 is 11.6 Å². The van der Waals surface area contributed by atoms with Crippen LogP contribution in [0.2, 0.25) is 5.15 Å². The highest BCUT2D eigenvalue weighted by Gasteiger charge is 2.20. The van der Waals surface area contributed by atoms with E-state index in [0.717, 1.165) is 6.42 Å². The topological polar surface area (TPSA) is 62.2 Å². The van der Waals surface area contributed by atoms with Crippen molar-refractivity contribution in [2.45, 2.75) is 45.1 Å². The molecule has 0 saturated heterocycles. The number of rotatable bonds is 3. The fraction of sp³-hybridized carbons (Fsp3) is 0.571. The molecule has 1 aromatic rings. The number of carboxylic acid groups (broad SMARTS) is 1. The summed E-state index contributed by atoms with van der Waals surface area (Å²) in [5.41, 5.74) is 0.170. The monoisotopic (exact) mass is 282 g/mol. The fourth-order valence-electron chi connectivity index (χ4n) is 2.59. The lowest BCUT2D eigenvalue weighted by Crippen LogP contribution is -2.26. The van der Waals surface area contributed by atoms with Crippen molar-refractivity contribution in [1.82, 2.24) is 4.98 Å². The van der Waals surface area contributed by atoms with Crippen LogP contribution in [0.5, 0.6) is 0 Å². The first-order chi connectivity index (χ1) is 9.06. The predicted molar refractivity (Wildman–Crippen MR) is 75.9 cm³/mol. The van der Waals surface area contributed by atoms with Gasteiger partial charge in [-0.2, -0.15) is 0 Å². The smallest absolute Gasteiger partial charge is 0.335 e. The minimum absolute atomic E-state index is 0.170. The minimum Gasteiger partial charge on any atom is -0.478 e. The predicted octanol–water partition coefficient (Wildman–Crippen LogP) is 3.81. The molecular formula is C14H19ClN2O2. The molecule has 0 spiro atoms. The second kappa shape index (κ2) is 6.24. The normalized spacial score (nSPS) is 23.7. The van der Waals surface area contributed by atoms with Gasteiger partial charge in [0.2, 0.25) is 0 Å². The van der Waals surface area contributed by atoms with Gasteiger partial charge in [0.15, 0.2) is 0 Å². The Balaban J connectivity index is 2.15. The van der Waals surface area contributed by atoms with Gasteiger partial charge in [0.05, 0.1) is 5.56 Å². The molecule has 1 aliphatic carbocycles. The third kappa shape index (κ3) is 3.83. The molecule has 0 radical (unpaired) electrons. The Morgan fingerprint density at radius 2 is 2.11 bits per heavy atom. The van der Waals surface area contributed by atoms with Crippen molar-refractivity contribution in [1.29, 1.82) is 0 Å². The van der Waals surface area contributed by atoms with Gasteiger partial charge in [-0.1, -0.05) is 37.8 Å². The van der Waals surface area contributed by atoms with Gasteiger partial charge < -0.3 is 10.4 Å². The number of carboxylic acids is 1. The minimum atomic E-state index is -0.985. The maximum absolute atomic E-state index is 11.0. The lowest BCUT2D eigenvalue weighted by Gasteiger charge is -2.23. The summed E-state index contributed by atoms with van der Waals surface area (Å²) in [6.07, 6.45) is 6.03. The number of hydrogen-bond donors (Lipinski definition) is 2. The average Bonchev–Trinajstić information content (AvgIpc) is 2.54. The zero-order valence-corrected chi connectivity index (χ0v) is 11.8. The number of halogens is 1. The number of pyridine rings is 1. The number of hydrogen-bond acceptors (Lipinski definition) is 3. The van der Waals surface area contributed by atoms with E-state index in [0.29, 0.717) is 17.8 Å². The second-order valence-corrected chi connectivity index (χ2v) is 5.62. The molecule has 4 nitrogen and oxygen atoms in total. The Hall–Kier alpha value is -1.29. The number of aromatic nitrogens is 1. The molecule has 1 aromatic heterocycles. The quantitative estimate of drug-likeness (QED) is 0.654. The maximum atomic E-state index is 11.0. The molecule has 0 aromatic carbocycles. The third-order valence-electron chi connectivity index (χ3n) is 3.74. The van der Waals surface area contributed by atoms with Gasteiger partial charge >= 0.3 is 5.97 Å². The van der Waals surface area contributed by atoms with Crippen molar-refractivity contribution in [3.8, 4) is 0 Å². The number of aromatic carboxylic acids is 1. The van der Waals surface area contributed by atoms with E-state index >= 15 is 0 Å². The summed E-state index contributed by atoms with van der Waals surface area (Å²) in [4.78, 5) is 15.2. The van der Waals surface area contributed by atoms with E-state index < -0.39 is 5.97 Å². The molecule has 2 N–H and O–H groups in total. The number of nitrogens with one attached hydrogen (secondary N) is 1. The molecular weight excluding hydrogens is 264 g/mol. The van der Waals surface area contributed by atoms with Crippen LogP contribution in [0.25, 0.3) is 0 Å². The van der Waals surface area contributed by atoms with Crippen LogP contribution in [0.15, 0.2) is 12.1 Å². The van der Waals surface area contributed by atoms with Crippen molar-refractivity contribution >= 4 is 23.4 Å². The van der Waals surface area contributed by atoms with Gasteiger partial charge in [0.1, 0.15) is 11.0 Å². The van der Waals surface area contributed by atoms with Crippen LogP contribution in [0.4, 0.5) is 5.82 Å². The summed E-state index contributed by atoms with van der Waals surface area (Å²) < 4.78 is 0. The van der Waals surface area contributed by atoms with E-state index in [1.54, 1.807) is 6.07 Å². The van der Waals surface area contributed by atoms with E-state index in [1.165, 1.54) is 31.7 Å². The second-order valence-electron chi connectivity index (χ2n) is 5.24. The van der Waals surface area contributed by atoms with Gasteiger partial charge in [-0.3, -0.25) is 0 Å². The molecule has 19 heavy (non-hydrogen) atoms. The molecule has 1 aliphatic rings. The Morgan fingerprint density at radius 1 is 1.37 bits per heavy atom. The summed E-state index contributed by atoms with van der Waals surface area (Å²) in [6.45, 7) is 2.23. The summed E-state index contributed by atoms with van der Waals surface area (Å²) in [6, 6.07) is 3.26. The molecule has 0 aliphatic heterocycles. The molecule has 1 fully saturated rings. The van der Waals surface area contributed by atoms with Gasteiger partial charge in [0.25, 0.3) is 0 Å². The lowest BCUT2D eigenvalue weighted by molar-refractivity contribution is 0.0697. The van der Waals surface area contributed by atoms with Crippen molar-refractivity contribution in [2.75, 3.05) is 5.32 Å². The largest absolute Gasteiger partial charge is 0.478 e. The fourth-order valence-corrected chi connectivity index (χ4v) is 2.80. The van der Waals surface area contributed by atoms with Crippen LogP contribution in [0.1, 0.15) is 49.4 Å². The summed E-state index contributed by atoms with van der Waals surface area (Å²) >= 11 is 5.87. The number of nitrogens with zero attached hydrogens (tertiary/aromatic N) is 1. The molecule has 5 heteroatoms. The third-order valence-corrected chi connectivity index (χ3v) is 3.93. The number of carbonyl (C=O) groups is 1. The molecule has 2 rings (SSSR count). The summed E-state index contributed by atoms with van der Waals surface area (Å²) in [5, 5.41) is 12.6. The van der Waals surface area contributed by atoms with Crippen LogP contribution in [0.3, 0.4) is 0 Å². The molecule has 2 unspecified atom stereocenters. The first-order valence-electron chi connectivity index (χ1n) is 6.73. The first kappa shape index (κ1) is 14.1. The standard InChI is InChI=1S/C14H19ClN2O2/c1-9-5-3-2-4-6-11(9)16-13-8-10(14(18)19)7-12(15)17-13/h7-9,11H,2-6H2,1H3,(H,16,17)(H,18,19). The Kier molecular flexibility index (Phi) is 4.64. The van der Waals surface area contributed by atoms with Crippen molar-refractivity contribution in [3.05, 3.63) is 22.8 Å². The van der Waals surface area contributed by atoms with E-state index in [2.05, 4.69) is 17.2 Å². The van der Waals surface area contributed by atoms with Crippen molar-refractivity contribution < 1.29 is 9.90 Å². The van der Waals surface area contributed by atoms with Crippen LogP contribution < -0.4 is 5.32 Å². The highest BCUT2D eigenvalue weighted by Crippen LogP contribution is 2.26. The van der Waals surface area contributed by atoms with Gasteiger partial charge in [-0.25, -0.2) is 9.78 Å². The number of anilines is 1. The molecule has 1 heterocycles. The molecule has 104 valence electrons.